The summed E-state index contributed by atoms with van der Waals surface area (Å²) in [5, 5.41) is 0.444. The van der Waals surface area contributed by atoms with E-state index in [0.29, 0.717) is 29.4 Å². The van der Waals surface area contributed by atoms with Crippen molar-refractivity contribution in [1.29, 1.82) is 0 Å². The Morgan fingerprint density at radius 2 is 2.33 bits per heavy atom. The third-order valence-corrected chi connectivity index (χ3v) is 2.92. The van der Waals surface area contributed by atoms with E-state index in [-0.39, 0.29) is 0 Å². The summed E-state index contributed by atoms with van der Waals surface area (Å²) in [7, 11) is 1.93. The minimum atomic E-state index is 0.426. The van der Waals surface area contributed by atoms with Crippen LogP contribution in [0.5, 0.6) is 5.75 Å². The summed E-state index contributed by atoms with van der Waals surface area (Å²) in [6.07, 6.45) is 5.01. The highest BCUT2D eigenvalue weighted by Crippen LogP contribution is 2.27. The summed E-state index contributed by atoms with van der Waals surface area (Å²) in [4.78, 5) is 15.1. The predicted molar refractivity (Wildman–Crippen MR) is 69.2 cm³/mol. The van der Waals surface area contributed by atoms with Crippen LogP contribution in [0.4, 0.5) is 0 Å². The van der Waals surface area contributed by atoms with E-state index in [1.165, 1.54) is 0 Å². The Morgan fingerprint density at radius 3 is 3.00 bits per heavy atom. The van der Waals surface area contributed by atoms with Crippen LogP contribution >= 0.6 is 11.6 Å². The van der Waals surface area contributed by atoms with E-state index in [9.17, 15) is 4.79 Å². The molecule has 94 valence electrons. The maximum absolute atomic E-state index is 10.9. The number of halogens is 1. The van der Waals surface area contributed by atoms with Crippen LogP contribution in [-0.2, 0) is 13.5 Å². The first kappa shape index (κ1) is 12.6. The largest absolute Gasteiger partial charge is 0.491 e. The number of aromatic nitrogens is 2. The molecule has 0 amide bonds. The number of para-hydroxylation sites is 1. The second-order valence-corrected chi connectivity index (χ2v) is 4.24. The van der Waals surface area contributed by atoms with Crippen molar-refractivity contribution in [2.24, 2.45) is 7.05 Å². The van der Waals surface area contributed by atoms with Crippen molar-refractivity contribution in [2.75, 3.05) is 6.61 Å². The van der Waals surface area contributed by atoms with Crippen LogP contribution in [-0.4, -0.2) is 22.4 Å². The van der Waals surface area contributed by atoms with Crippen molar-refractivity contribution in [3.8, 4) is 5.75 Å². The Morgan fingerprint density at radius 1 is 1.50 bits per heavy atom. The fraction of sp³-hybridized carbons (Fsp3) is 0.231. The Labute approximate surface area is 110 Å². The zero-order valence-electron chi connectivity index (χ0n) is 9.97. The molecule has 0 bridgehead atoms. The van der Waals surface area contributed by atoms with E-state index in [4.69, 9.17) is 16.3 Å². The van der Waals surface area contributed by atoms with E-state index in [0.717, 1.165) is 12.1 Å². The molecule has 0 saturated carbocycles. The maximum atomic E-state index is 10.9. The van der Waals surface area contributed by atoms with Crippen molar-refractivity contribution >= 4 is 17.9 Å². The van der Waals surface area contributed by atoms with Gasteiger partial charge in [0.05, 0.1) is 17.2 Å². The smallest absolute Gasteiger partial charge is 0.153 e. The van der Waals surface area contributed by atoms with Gasteiger partial charge in [-0.3, -0.25) is 4.79 Å². The van der Waals surface area contributed by atoms with Gasteiger partial charge in [0.2, 0.25) is 0 Å². The van der Waals surface area contributed by atoms with Gasteiger partial charge in [-0.15, -0.1) is 0 Å². The monoisotopic (exact) mass is 264 g/mol. The van der Waals surface area contributed by atoms with Crippen LogP contribution in [0.1, 0.15) is 16.2 Å². The molecule has 0 spiro atoms. The molecular formula is C13H13ClN2O2. The summed E-state index contributed by atoms with van der Waals surface area (Å²) >= 11 is 6.00. The van der Waals surface area contributed by atoms with E-state index in [1.54, 1.807) is 24.4 Å². The molecule has 0 radical (unpaired) electrons. The summed E-state index contributed by atoms with van der Waals surface area (Å²) < 4.78 is 7.50. The lowest BCUT2D eigenvalue weighted by molar-refractivity contribution is 0.111. The van der Waals surface area contributed by atoms with E-state index < -0.39 is 0 Å². The molecule has 0 aliphatic heterocycles. The number of carbonyl (C=O) groups excluding carboxylic acids is 1. The van der Waals surface area contributed by atoms with Gasteiger partial charge < -0.3 is 9.30 Å². The lowest BCUT2D eigenvalue weighted by Gasteiger charge is -2.09. The lowest BCUT2D eigenvalue weighted by atomic mass is 10.2. The first-order valence-corrected chi connectivity index (χ1v) is 5.93. The van der Waals surface area contributed by atoms with Gasteiger partial charge in [0.15, 0.2) is 6.29 Å². The van der Waals surface area contributed by atoms with E-state index in [2.05, 4.69) is 4.98 Å². The van der Waals surface area contributed by atoms with Crippen LogP contribution in [0.15, 0.2) is 30.6 Å². The number of benzene rings is 1. The van der Waals surface area contributed by atoms with Gasteiger partial charge in [-0.2, -0.15) is 0 Å². The van der Waals surface area contributed by atoms with E-state index in [1.807, 2.05) is 17.8 Å². The molecule has 2 rings (SSSR count). The molecule has 1 aromatic heterocycles. The SMILES string of the molecule is Cn1ccnc1CCOc1c(Cl)cccc1C=O. The summed E-state index contributed by atoms with van der Waals surface area (Å²) in [6.45, 7) is 0.426. The molecule has 2 aromatic rings. The molecule has 1 aromatic carbocycles. The molecule has 0 N–H and O–H groups in total. The molecule has 0 fully saturated rings. The van der Waals surface area contributed by atoms with Gasteiger partial charge in [0.25, 0.3) is 0 Å². The van der Waals surface area contributed by atoms with Gasteiger partial charge in [-0.25, -0.2) is 4.98 Å². The maximum Gasteiger partial charge on any atom is 0.153 e. The second-order valence-electron chi connectivity index (χ2n) is 3.83. The number of ether oxygens (including phenoxy) is 1. The number of hydrogen-bond donors (Lipinski definition) is 0. The van der Waals surface area contributed by atoms with Gasteiger partial charge in [0, 0.05) is 25.9 Å². The van der Waals surface area contributed by atoms with E-state index >= 15 is 0 Å². The minimum Gasteiger partial charge on any atom is -0.491 e. The zero-order valence-corrected chi connectivity index (χ0v) is 10.7. The molecule has 18 heavy (non-hydrogen) atoms. The number of rotatable bonds is 5. The molecule has 0 saturated heterocycles. The molecule has 1 heterocycles. The molecule has 0 aliphatic carbocycles. The van der Waals surface area contributed by atoms with Gasteiger partial charge in [0.1, 0.15) is 11.6 Å². The predicted octanol–water partition coefficient (Wildman–Crippen LogP) is 2.51. The molecule has 4 nitrogen and oxygen atoms in total. The van der Waals surface area contributed by atoms with Crippen LogP contribution < -0.4 is 4.74 Å². The van der Waals surface area contributed by atoms with Crippen molar-refractivity contribution < 1.29 is 9.53 Å². The number of aldehydes is 1. The van der Waals surface area contributed by atoms with Crippen LogP contribution in [0.3, 0.4) is 0 Å². The molecular weight excluding hydrogens is 252 g/mol. The number of aryl methyl sites for hydroxylation is 1. The van der Waals surface area contributed by atoms with Gasteiger partial charge in [-0.05, 0) is 12.1 Å². The Balaban J connectivity index is 2.02. The fourth-order valence-electron chi connectivity index (χ4n) is 1.65. The third-order valence-electron chi connectivity index (χ3n) is 2.62. The summed E-state index contributed by atoms with van der Waals surface area (Å²) in [5.74, 6) is 1.36. The number of nitrogens with zero attached hydrogens (tertiary/aromatic N) is 2. The number of carbonyl (C=O) groups is 1. The topological polar surface area (TPSA) is 44.1 Å². The van der Waals surface area contributed by atoms with Crippen LogP contribution in [0, 0.1) is 0 Å². The first-order valence-electron chi connectivity index (χ1n) is 5.55. The number of hydrogen-bond acceptors (Lipinski definition) is 3. The molecule has 0 aliphatic rings. The molecule has 0 unspecified atom stereocenters. The van der Waals surface area contributed by atoms with Crippen molar-refractivity contribution in [2.45, 2.75) is 6.42 Å². The van der Waals surface area contributed by atoms with Crippen molar-refractivity contribution in [3.05, 3.63) is 47.0 Å². The third kappa shape index (κ3) is 2.71. The quantitative estimate of drug-likeness (QED) is 0.780. The Bertz CT molecular complexity index is 552. The van der Waals surface area contributed by atoms with Crippen LogP contribution in [0.25, 0.3) is 0 Å². The summed E-state index contributed by atoms with van der Waals surface area (Å²) in [5.41, 5.74) is 0.461. The highest BCUT2D eigenvalue weighted by molar-refractivity contribution is 6.32. The average Bonchev–Trinajstić information content (AvgIpc) is 2.77. The summed E-state index contributed by atoms with van der Waals surface area (Å²) in [6, 6.07) is 5.09. The highest BCUT2D eigenvalue weighted by atomic mass is 35.5. The van der Waals surface area contributed by atoms with Gasteiger partial charge in [-0.1, -0.05) is 17.7 Å². The van der Waals surface area contributed by atoms with Gasteiger partial charge >= 0.3 is 0 Å². The fourth-order valence-corrected chi connectivity index (χ4v) is 1.89. The second kappa shape index (κ2) is 5.69. The Kier molecular flexibility index (Phi) is 3.99. The normalized spacial score (nSPS) is 10.3. The standard InChI is InChI=1S/C13H13ClN2O2/c1-16-7-6-15-12(16)5-8-18-13-10(9-17)3-2-4-11(13)14/h2-4,6-7,9H,5,8H2,1H3. The zero-order chi connectivity index (χ0) is 13.0. The molecule has 0 atom stereocenters. The van der Waals surface area contributed by atoms with Crippen molar-refractivity contribution in [1.82, 2.24) is 9.55 Å². The highest BCUT2D eigenvalue weighted by Gasteiger charge is 2.08. The minimum absolute atomic E-state index is 0.426. The lowest BCUT2D eigenvalue weighted by Crippen LogP contribution is -2.07. The molecule has 5 heteroatoms. The van der Waals surface area contributed by atoms with Crippen molar-refractivity contribution in [3.63, 3.8) is 0 Å². The Hall–Kier alpha value is -1.81. The number of imidazole rings is 1. The van der Waals surface area contributed by atoms with Crippen LogP contribution in [0.2, 0.25) is 5.02 Å². The average molecular weight is 265 g/mol. The first-order chi connectivity index (χ1) is 8.72.